The van der Waals surface area contributed by atoms with E-state index in [4.69, 9.17) is 5.11 Å². The third-order valence-electron chi connectivity index (χ3n) is 3.66. The molecule has 0 aromatic heterocycles. The molecule has 0 spiro atoms. The Kier molecular flexibility index (Phi) is 6.98. The first-order chi connectivity index (χ1) is 9.93. The molecule has 1 aliphatic rings. The van der Waals surface area contributed by atoms with Gasteiger partial charge in [-0.3, -0.25) is 9.59 Å². The van der Waals surface area contributed by atoms with Gasteiger partial charge in [-0.1, -0.05) is 0 Å². The largest absolute Gasteiger partial charge is 0.481 e. The fraction of sp³-hybridized carbons (Fsp3) is 0.786. The van der Waals surface area contributed by atoms with Gasteiger partial charge in [-0.05, 0) is 39.0 Å². The number of piperidine rings is 1. The molecule has 7 heteroatoms. The number of urea groups is 1. The lowest BCUT2D eigenvalue weighted by molar-refractivity contribution is -0.137. The van der Waals surface area contributed by atoms with Crippen LogP contribution >= 0.6 is 0 Å². The van der Waals surface area contributed by atoms with Gasteiger partial charge in [-0.15, -0.1) is 0 Å². The summed E-state index contributed by atoms with van der Waals surface area (Å²) in [6.45, 7) is 5.21. The highest BCUT2D eigenvalue weighted by Gasteiger charge is 2.25. The monoisotopic (exact) mass is 299 g/mol. The second-order valence-corrected chi connectivity index (χ2v) is 5.45. The molecular weight excluding hydrogens is 274 g/mol. The molecule has 0 bridgehead atoms. The van der Waals surface area contributed by atoms with Crippen LogP contribution in [0.1, 0.15) is 39.5 Å². The average Bonchev–Trinajstić information content (AvgIpc) is 2.45. The summed E-state index contributed by atoms with van der Waals surface area (Å²) in [4.78, 5) is 36.0. The molecule has 7 nitrogen and oxygen atoms in total. The molecule has 0 saturated carbocycles. The maximum atomic E-state index is 12.1. The summed E-state index contributed by atoms with van der Waals surface area (Å²) >= 11 is 0. The number of hydrogen-bond donors (Lipinski definition) is 3. The second-order valence-electron chi connectivity index (χ2n) is 5.45. The van der Waals surface area contributed by atoms with Gasteiger partial charge >= 0.3 is 12.0 Å². The van der Waals surface area contributed by atoms with Gasteiger partial charge in [0.15, 0.2) is 0 Å². The molecule has 1 saturated heterocycles. The summed E-state index contributed by atoms with van der Waals surface area (Å²) < 4.78 is 0. The van der Waals surface area contributed by atoms with Crippen molar-refractivity contribution in [1.29, 1.82) is 0 Å². The van der Waals surface area contributed by atoms with E-state index in [9.17, 15) is 14.4 Å². The topological polar surface area (TPSA) is 98.7 Å². The molecule has 1 fully saturated rings. The molecule has 120 valence electrons. The minimum absolute atomic E-state index is 0.134. The van der Waals surface area contributed by atoms with E-state index in [1.807, 2.05) is 6.92 Å². The summed E-state index contributed by atoms with van der Waals surface area (Å²) in [7, 11) is 0. The summed E-state index contributed by atoms with van der Waals surface area (Å²) in [6, 6.07) is -0.828. The van der Waals surface area contributed by atoms with Gasteiger partial charge in [-0.2, -0.15) is 0 Å². The highest BCUT2D eigenvalue weighted by atomic mass is 16.4. The molecule has 0 aliphatic carbocycles. The maximum absolute atomic E-state index is 12.1. The lowest BCUT2D eigenvalue weighted by Crippen LogP contribution is -2.52. The standard InChI is InChI=1S/C14H25N3O4/c1-3-15-13(20)10(2)16-14(21)17-8-4-5-11(9-17)6-7-12(18)19/h10-11H,3-9H2,1-2H3,(H,15,20)(H,16,21)(H,18,19). The molecule has 1 aliphatic heterocycles. The first-order valence-electron chi connectivity index (χ1n) is 7.49. The van der Waals surface area contributed by atoms with Gasteiger partial charge in [0.25, 0.3) is 0 Å². The van der Waals surface area contributed by atoms with E-state index in [1.54, 1.807) is 11.8 Å². The van der Waals surface area contributed by atoms with Crippen LogP contribution in [0.25, 0.3) is 0 Å². The zero-order valence-electron chi connectivity index (χ0n) is 12.7. The molecule has 0 aromatic rings. The van der Waals surface area contributed by atoms with Crippen molar-refractivity contribution in [1.82, 2.24) is 15.5 Å². The van der Waals surface area contributed by atoms with E-state index in [1.165, 1.54) is 0 Å². The van der Waals surface area contributed by atoms with Gasteiger partial charge in [0.05, 0.1) is 0 Å². The number of nitrogens with zero attached hydrogens (tertiary/aromatic N) is 1. The van der Waals surface area contributed by atoms with E-state index in [-0.39, 0.29) is 24.3 Å². The molecule has 21 heavy (non-hydrogen) atoms. The highest BCUT2D eigenvalue weighted by molar-refractivity contribution is 5.86. The van der Waals surface area contributed by atoms with Crippen LogP contribution in [-0.4, -0.2) is 53.6 Å². The zero-order chi connectivity index (χ0) is 15.8. The Bertz CT molecular complexity index is 386. The quantitative estimate of drug-likeness (QED) is 0.675. The van der Waals surface area contributed by atoms with E-state index < -0.39 is 12.0 Å². The minimum atomic E-state index is -0.804. The number of carboxylic acids is 1. The molecule has 1 rings (SSSR count). The third kappa shape index (κ3) is 6.01. The van der Waals surface area contributed by atoms with E-state index in [0.29, 0.717) is 26.1 Å². The van der Waals surface area contributed by atoms with Crippen LogP contribution in [0.4, 0.5) is 4.79 Å². The van der Waals surface area contributed by atoms with Crippen molar-refractivity contribution in [3.8, 4) is 0 Å². The van der Waals surface area contributed by atoms with Gasteiger partial charge in [0, 0.05) is 26.1 Å². The number of rotatable bonds is 6. The van der Waals surface area contributed by atoms with Crippen LogP contribution < -0.4 is 10.6 Å². The molecule has 0 radical (unpaired) electrons. The Hall–Kier alpha value is -1.79. The molecular formula is C14H25N3O4. The van der Waals surface area contributed by atoms with Crippen molar-refractivity contribution in [3.63, 3.8) is 0 Å². The average molecular weight is 299 g/mol. The first-order valence-corrected chi connectivity index (χ1v) is 7.49. The maximum Gasteiger partial charge on any atom is 0.318 e. The van der Waals surface area contributed by atoms with E-state index in [2.05, 4.69) is 10.6 Å². The lowest BCUT2D eigenvalue weighted by atomic mass is 9.93. The number of carbonyl (C=O) groups excluding carboxylic acids is 2. The molecule has 1 heterocycles. The van der Waals surface area contributed by atoms with Crippen LogP contribution in [0.5, 0.6) is 0 Å². The van der Waals surface area contributed by atoms with Gasteiger partial charge in [0.1, 0.15) is 6.04 Å². The summed E-state index contributed by atoms with van der Waals surface area (Å²) in [6.07, 6.45) is 2.54. The summed E-state index contributed by atoms with van der Waals surface area (Å²) in [5.74, 6) is -0.785. The number of carboxylic acid groups (broad SMARTS) is 1. The van der Waals surface area contributed by atoms with Crippen molar-refractivity contribution in [2.24, 2.45) is 5.92 Å². The smallest absolute Gasteiger partial charge is 0.318 e. The van der Waals surface area contributed by atoms with Crippen LogP contribution in [0.3, 0.4) is 0 Å². The van der Waals surface area contributed by atoms with Crippen LogP contribution in [0.2, 0.25) is 0 Å². The van der Waals surface area contributed by atoms with Crippen molar-refractivity contribution in [2.75, 3.05) is 19.6 Å². The fourth-order valence-corrected chi connectivity index (χ4v) is 2.48. The third-order valence-corrected chi connectivity index (χ3v) is 3.66. The van der Waals surface area contributed by atoms with Crippen LogP contribution in [0, 0.1) is 5.92 Å². The normalized spacial score (nSPS) is 19.7. The van der Waals surface area contributed by atoms with Gasteiger partial charge in [0.2, 0.25) is 5.91 Å². The van der Waals surface area contributed by atoms with Crippen molar-refractivity contribution < 1.29 is 19.5 Å². The summed E-state index contributed by atoms with van der Waals surface area (Å²) in [5.41, 5.74) is 0. The number of likely N-dealkylation sites (tertiary alicyclic amines) is 1. The highest BCUT2D eigenvalue weighted by Crippen LogP contribution is 2.21. The predicted octanol–water partition coefficient (Wildman–Crippen LogP) is 0.797. The van der Waals surface area contributed by atoms with Crippen molar-refractivity contribution in [3.05, 3.63) is 0 Å². The van der Waals surface area contributed by atoms with Crippen LogP contribution in [-0.2, 0) is 9.59 Å². The second kappa shape index (κ2) is 8.49. The SMILES string of the molecule is CCNC(=O)C(C)NC(=O)N1CCCC(CCC(=O)O)C1. The number of hydrogen-bond acceptors (Lipinski definition) is 3. The fourth-order valence-electron chi connectivity index (χ4n) is 2.48. The number of nitrogens with one attached hydrogen (secondary N) is 2. The number of carbonyl (C=O) groups is 3. The molecule has 3 amide bonds. The molecule has 3 N–H and O–H groups in total. The lowest BCUT2D eigenvalue weighted by Gasteiger charge is -2.33. The summed E-state index contributed by atoms with van der Waals surface area (Å²) in [5, 5.41) is 14.0. The Balaban J connectivity index is 2.42. The Morgan fingerprint density at radius 3 is 2.71 bits per heavy atom. The van der Waals surface area contributed by atoms with Crippen LogP contribution in [0.15, 0.2) is 0 Å². The molecule has 2 atom stereocenters. The first kappa shape index (κ1) is 17.3. The zero-order valence-corrected chi connectivity index (χ0v) is 12.7. The molecule has 2 unspecified atom stereocenters. The molecule has 0 aromatic carbocycles. The van der Waals surface area contributed by atoms with E-state index in [0.717, 1.165) is 12.8 Å². The minimum Gasteiger partial charge on any atom is -0.481 e. The Labute approximate surface area is 125 Å². The Morgan fingerprint density at radius 2 is 2.10 bits per heavy atom. The number of likely N-dealkylation sites (N-methyl/N-ethyl adjacent to an activating group) is 1. The number of aliphatic carboxylic acids is 1. The van der Waals surface area contributed by atoms with Gasteiger partial charge < -0.3 is 20.6 Å². The predicted molar refractivity (Wildman–Crippen MR) is 77.8 cm³/mol. The van der Waals surface area contributed by atoms with Gasteiger partial charge in [-0.25, -0.2) is 4.79 Å². The van der Waals surface area contributed by atoms with E-state index >= 15 is 0 Å². The Morgan fingerprint density at radius 1 is 1.38 bits per heavy atom. The van der Waals surface area contributed by atoms with Crippen molar-refractivity contribution >= 4 is 17.9 Å². The number of amides is 3. The van der Waals surface area contributed by atoms with Crippen molar-refractivity contribution in [2.45, 2.75) is 45.6 Å².